The zero-order valence-corrected chi connectivity index (χ0v) is 42.1. The van der Waals surface area contributed by atoms with Gasteiger partial charge in [-0.2, -0.15) is 19.9 Å². The third kappa shape index (κ3) is 11.2. The highest BCUT2D eigenvalue weighted by atomic mass is 16.5. The van der Waals surface area contributed by atoms with E-state index in [1.165, 1.54) is 56.9 Å². The summed E-state index contributed by atoms with van der Waals surface area (Å²) in [5.41, 5.74) is 7.01. The van der Waals surface area contributed by atoms with Crippen LogP contribution in [-0.4, -0.2) is 121 Å². The van der Waals surface area contributed by atoms with Crippen molar-refractivity contribution in [1.82, 2.24) is 29.7 Å². The molecule has 0 aliphatic carbocycles. The highest BCUT2D eigenvalue weighted by Crippen LogP contribution is 2.40. The Hall–Kier alpha value is -6.74. The number of rotatable bonds is 12. The number of hydrogen-bond acceptors (Lipinski definition) is 12. The molecule has 0 radical (unpaired) electrons. The molecule has 0 spiro atoms. The molecule has 8 heterocycles. The molecule has 0 amide bonds. The summed E-state index contributed by atoms with van der Waals surface area (Å²) in [7, 11) is 4.34. The first kappa shape index (κ1) is 52.1. The van der Waals surface area contributed by atoms with E-state index in [2.05, 4.69) is 138 Å². The van der Waals surface area contributed by atoms with E-state index in [0.29, 0.717) is 62.2 Å². The van der Waals surface area contributed by atoms with Gasteiger partial charge in [0, 0.05) is 96.5 Å². The number of likely N-dealkylation sites (N-methyl/N-ethyl adjacent to an activating group) is 2. The van der Waals surface area contributed by atoms with E-state index >= 15 is 0 Å². The van der Waals surface area contributed by atoms with E-state index in [0.717, 1.165) is 127 Å². The van der Waals surface area contributed by atoms with Crippen LogP contribution < -0.4 is 29.1 Å². The van der Waals surface area contributed by atoms with Crippen LogP contribution in [0.2, 0.25) is 0 Å². The Morgan fingerprint density at radius 1 is 0.500 bits per heavy atom. The number of ether oxygens (including phenoxy) is 2. The lowest BCUT2D eigenvalue weighted by Gasteiger charge is -2.32. The SMILES string of the molecule is C.C.[C-]#[N+]C[C@@H]1CCCN(c2nc(OC[C@@H]3CCCN3C)nc3c2CN(c2cccc4ccccc24)C3)C1.[C-]#[N+]C[C@@H]1CCCN(c2nc(OC[C@@H]3CCCN3C)nc3c2CN(c2cccc4ccccc24)C3)C1. The molecular formula is C60H76N12O2. The summed E-state index contributed by atoms with van der Waals surface area (Å²) >= 11 is 0. The van der Waals surface area contributed by atoms with Crippen LogP contribution in [-0.2, 0) is 26.2 Å². The van der Waals surface area contributed by atoms with Gasteiger partial charge in [0.25, 0.3) is 0 Å². The first-order valence-electron chi connectivity index (χ1n) is 26.5. The van der Waals surface area contributed by atoms with Gasteiger partial charge >= 0.3 is 12.0 Å². The Morgan fingerprint density at radius 3 is 1.34 bits per heavy atom. The molecule has 4 saturated heterocycles. The maximum atomic E-state index is 7.36. The summed E-state index contributed by atoms with van der Waals surface area (Å²) in [6.07, 6.45) is 9.18. The van der Waals surface area contributed by atoms with E-state index in [-0.39, 0.29) is 14.9 Å². The molecule has 0 saturated carbocycles. The van der Waals surface area contributed by atoms with Crippen molar-refractivity contribution in [2.45, 2.75) is 104 Å². The molecule has 0 bridgehead atoms. The summed E-state index contributed by atoms with van der Waals surface area (Å²) in [6.45, 7) is 26.2. The van der Waals surface area contributed by atoms with Gasteiger partial charge < -0.3 is 48.6 Å². The van der Waals surface area contributed by atoms with E-state index in [1.807, 2.05) is 0 Å². The van der Waals surface area contributed by atoms with Crippen molar-refractivity contribution in [3.63, 3.8) is 0 Å². The van der Waals surface area contributed by atoms with E-state index in [9.17, 15) is 0 Å². The van der Waals surface area contributed by atoms with E-state index in [4.69, 9.17) is 42.6 Å². The van der Waals surface area contributed by atoms with Crippen LogP contribution in [0.5, 0.6) is 12.0 Å². The van der Waals surface area contributed by atoms with Crippen molar-refractivity contribution in [2.75, 3.05) is 99.3 Å². The summed E-state index contributed by atoms with van der Waals surface area (Å²) < 4.78 is 12.5. The molecule has 0 N–H and O–H groups in total. The molecule has 4 fully saturated rings. The number of aromatic nitrogens is 4. The quantitative estimate of drug-likeness (QED) is 0.109. The summed E-state index contributed by atoms with van der Waals surface area (Å²) in [5, 5.41) is 5.02. The predicted molar refractivity (Wildman–Crippen MR) is 300 cm³/mol. The van der Waals surface area contributed by atoms with Gasteiger partial charge in [0.2, 0.25) is 13.1 Å². The lowest BCUT2D eigenvalue weighted by Crippen LogP contribution is -2.38. The molecule has 0 unspecified atom stereocenters. The standard InChI is InChI=1S/2C29H34N6O.2CH4/c2*1-30-16-21-8-6-15-34(17-21)28-25-18-35(27-13-5-10-22-9-3-4-12-24(22)27)19-26(25)31-29(32-28)36-20-23-11-7-14-33(23)2;;/h2*3-5,9-10,12-13,21,23H,6-8,11,14-20H2,2H3;2*1H4/t2*21-,23-;;/m00../s1. The molecule has 12 rings (SSSR count). The van der Waals surface area contributed by atoms with Crippen LogP contribution in [0, 0.1) is 25.0 Å². The van der Waals surface area contributed by atoms with Crippen LogP contribution in [0.4, 0.5) is 23.0 Å². The highest BCUT2D eigenvalue weighted by Gasteiger charge is 2.35. The Labute approximate surface area is 439 Å². The largest absolute Gasteiger partial charge is 0.462 e. The molecule has 4 aromatic carbocycles. The zero-order valence-electron chi connectivity index (χ0n) is 42.1. The number of likely N-dealkylation sites (tertiary alicyclic amines) is 2. The van der Waals surface area contributed by atoms with Gasteiger partial charge in [0.15, 0.2) is 0 Å². The highest BCUT2D eigenvalue weighted by molar-refractivity contribution is 5.95. The van der Waals surface area contributed by atoms with Gasteiger partial charge in [-0.05, 0) is 101 Å². The summed E-state index contributed by atoms with van der Waals surface area (Å²) in [4.78, 5) is 41.6. The Balaban J connectivity index is 0.000000177. The minimum absolute atomic E-state index is 0. The molecule has 6 aliphatic heterocycles. The van der Waals surface area contributed by atoms with E-state index < -0.39 is 0 Å². The topological polar surface area (TPSA) is 98.2 Å². The Bertz CT molecular complexity index is 2760. The zero-order chi connectivity index (χ0) is 49.0. The number of anilines is 4. The maximum absolute atomic E-state index is 7.36. The van der Waals surface area contributed by atoms with Crippen molar-refractivity contribution >= 4 is 44.6 Å². The van der Waals surface area contributed by atoms with Crippen molar-refractivity contribution < 1.29 is 9.47 Å². The molecular weight excluding hydrogens is 921 g/mol. The van der Waals surface area contributed by atoms with Gasteiger partial charge in [-0.3, -0.25) is 0 Å². The predicted octanol–water partition coefficient (Wildman–Crippen LogP) is 10.8. The second kappa shape index (κ2) is 23.6. The maximum Gasteiger partial charge on any atom is 0.318 e. The van der Waals surface area contributed by atoms with Crippen LogP contribution in [0.25, 0.3) is 31.2 Å². The monoisotopic (exact) mass is 997 g/mol. The minimum atomic E-state index is 0. The number of fused-ring (bicyclic) bond motifs is 4. The van der Waals surface area contributed by atoms with Crippen molar-refractivity contribution in [3.8, 4) is 12.0 Å². The molecule has 6 aliphatic rings. The van der Waals surface area contributed by atoms with Gasteiger partial charge in [-0.15, -0.1) is 0 Å². The first-order valence-corrected chi connectivity index (χ1v) is 26.5. The summed E-state index contributed by atoms with van der Waals surface area (Å²) in [6, 6.07) is 32.0. The fourth-order valence-corrected chi connectivity index (χ4v) is 12.2. The van der Waals surface area contributed by atoms with Crippen molar-refractivity contribution in [3.05, 3.63) is 130 Å². The minimum Gasteiger partial charge on any atom is -0.462 e. The average Bonchev–Trinajstić information content (AvgIpc) is 4.24. The third-order valence-corrected chi connectivity index (χ3v) is 16.2. The lowest BCUT2D eigenvalue weighted by molar-refractivity contribution is 0.187. The fraction of sp³-hybridized carbons (Fsp3) is 0.500. The van der Waals surface area contributed by atoms with Crippen molar-refractivity contribution in [1.29, 1.82) is 0 Å². The second-order valence-electron chi connectivity index (χ2n) is 21.0. The third-order valence-electron chi connectivity index (χ3n) is 16.2. The molecule has 388 valence electrons. The second-order valence-corrected chi connectivity index (χ2v) is 21.0. The number of hydrogen-bond donors (Lipinski definition) is 0. The number of nitrogens with zero attached hydrogens (tertiary/aromatic N) is 12. The molecule has 14 heteroatoms. The molecule has 14 nitrogen and oxygen atoms in total. The van der Waals surface area contributed by atoms with Gasteiger partial charge in [0.05, 0.1) is 24.5 Å². The van der Waals surface area contributed by atoms with Gasteiger partial charge in [-0.1, -0.05) is 87.6 Å². The lowest BCUT2D eigenvalue weighted by atomic mass is 9.98. The normalized spacial score (nSPS) is 21.5. The average molecular weight is 997 g/mol. The Morgan fingerprint density at radius 2 is 0.919 bits per heavy atom. The van der Waals surface area contributed by atoms with E-state index in [1.54, 1.807) is 0 Å². The molecule has 2 aromatic heterocycles. The van der Waals surface area contributed by atoms with Crippen LogP contribution in [0.1, 0.15) is 88.7 Å². The van der Waals surface area contributed by atoms with Crippen LogP contribution in [0.15, 0.2) is 84.9 Å². The molecule has 74 heavy (non-hydrogen) atoms. The summed E-state index contributed by atoms with van der Waals surface area (Å²) in [5.74, 6) is 2.81. The smallest absolute Gasteiger partial charge is 0.318 e. The van der Waals surface area contributed by atoms with Crippen molar-refractivity contribution in [2.24, 2.45) is 11.8 Å². The molecule has 4 atom stereocenters. The van der Waals surface area contributed by atoms with Crippen LogP contribution >= 0.6 is 0 Å². The molecule has 6 aromatic rings. The Kier molecular flexibility index (Phi) is 16.7. The first-order chi connectivity index (χ1) is 35.4. The number of piperidine rings is 2. The van der Waals surface area contributed by atoms with Gasteiger partial charge in [-0.25, -0.2) is 13.1 Å². The van der Waals surface area contributed by atoms with Gasteiger partial charge in [0.1, 0.15) is 24.8 Å². The number of benzene rings is 4. The fourth-order valence-electron chi connectivity index (χ4n) is 12.2. The van der Waals surface area contributed by atoms with Crippen LogP contribution in [0.3, 0.4) is 0 Å².